The summed E-state index contributed by atoms with van der Waals surface area (Å²) in [6.45, 7) is 7.77. The van der Waals surface area contributed by atoms with E-state index >= 15 is 0 Å². The van der Waals surface area contributed by atoms with Crippen LogP contribution in [0.4, 0.5) is 10.5 Å². The molecule has 0 spiro atoms. The molecule has 0 aromatic heterocycles. The molecule has 5 nitrogen and oxygen atoms in total. The van der Waals surface area contributed by atoms with Crippen LogP contribution in [0, 0.1) is 5.92 Å². The van der Waals surface area contributed by atoms with Gasteiger partial charge < -0.3 is 20.1 Å². The van der Waals surface area contributed by atoms with E-state index in [9.17, 15) is 4.79 Å². The molecule has 1 atom stereocenters. The quantitative estimate of drug-likeness (QED) is 0.725. The van der Waals surface area contributed by atoms with Crippen molar-refractivity contribution < 1.29 is 14.3 Å². The number of urea groups is 1. The molecule has 0 saturated heterocycles. The Morgan fingerprint density at radius 3 is 2.67 bits per heavy atom. The summed E-state index contributed by atoms with van der Waals surface area (Å²) in [7, 11) is 1.64. The van der Waals surface area contributed by atoms with Crippen molar-refractivity contribution in [3.63, 3.8) is 0 Å². The maximum atomic E-state index is 11.9. The Morgan fingerprint density at radius 2 is 2.00 bits per heavy atom. The van der Waals surface area contributed by atoms with Gasteiger partial charge in [-0.05, 0) is 30.5 Å². The molecule has 0 aliphatic carbocycles. The van der Waals surface area contributed by atoms with E-state index in [1.165, 1.54) is 0 Å². The number of benzene rings is 1. The van der Waals surface area contributed by atoms with E-state index in [0.29, 0.717) is 25.7 Å². The second-order valence-corrected chi connectivity index (χ2v) is 5.38. The minimum absolute atomic E-state index is 0.130. The third-order valence-corrected chi connectivity index (χ3v) is 3.24. The molecule has 118 valence electrons. The van der Waals surface area contributed by atoms with Gasteiger partial charge in [-0.15, -0.1) is 0 Å². The van der Waals surface area contributed by atoms with Crippen LogP contribution in [0.15, 0.2) is 24.3 Å². The van der Waals surface area contributed by atoms with E-state index in [2.05, 4.69) is 24.5 Å². The van der Waals surface area contributed by atoms with Gasteiger partial charge in [0.05, 0.1) is 19.8 Å². The molecule has 1 rings (SSSR count). The first-order valence-electron chi connectivity index (χ1n) is 7.26. The normalized spacial score (nSPS) is 12.2. The predicted molar refractivity (Wildman–Crippen MR) is 84.4 cm³/mol. The molecule has 1 unspecified atom stereocenters. The molecule has 1 aromatic rings. The van der Waals surface area contributed by atoms with Crippen LogP contribution < -0.4 is 10.6 Å². The van der Waals surface area contributed by atoms with Gasteiger partial charge >= 0.3 is 6.03 Å². The molecule has 2 amide bonds. The zero-order chi connectivity index (χ0) is 15.7. The van der Waals surface area contributed by atoms with E-state index in [1.54, 1.807) is 7.11 Å². The Kier molecular flexibility index (Phi) is 7.79. The van der Waals surface area contributed by atoms with E-state index in [1.807, 2.05) is 31.2 Å². The number of ether oxygens (including phenoxy) is 2. The van der Waals surface area contributed by atoms with Crippen molar-refractivity contribution in [3.05, 3.63) is 29.8 Å². The Balaban J connectivity index is 2.46. The largest absolute Gasteiger partial charge is 0.382 e. The minimum atomic E-state index is -0.186. The minimum Gasteiger partial charge on any atom is -0.382 e. The van der Waals surface area contributed by atoms with Gasteiger partial charge in [-0.2, -0.15) is 0 Å². The molecule has 0 heterocycles. The van der Waals surface area contributed by atoms with Gasteiger partial charge in [-0.25, -0.2) is 4.79 Å². The average molecular weight is 294 g/mol. The fourth-order valence-corrected chi connectivity index (χ4v) is 1.61. The lowest BCUT2D eigenvalue weighted by molar-refractivity contribution is 0.0617. The van der Waals surface area contributed by atoms with Gasteiger partial charge in [0.15, 0.2) is 0 Å². The maximum absolute atomic E-state index is 11.9. The molecule has 0 saturated carbocycles. The molecular weight excluding hydrogens is 268 g/mol. The summed E-state index contributed by atoms with van der Waals surface area (Å²) in [4.78, 5) is 11.9. The number of carbonyl (C=O) groups excluding carboxylic acids is 1. The Hall–Kier alpha value is -1.59. The summed E-state index contributed by atoms with van der Waals surface area (Å²) in [5.74, 6) is 0.399. The maximum Gasteiger partial charge on any atom is 0.319 e. The zero-order valence-corrected chi connectivity index (χ0v) is 13.3. The lowest BCUT2D eigenvalue weighted by Gasteiger charge is -2.18. The number of anilines is 1. The van der Waals surface area contributed by atoms with E-state index < -0.39 is 0 Å². The van der Waals surface area contributed by atoms with Crippen molar-refractivity contribution in [3.8, 4) is 0 Å². The number of nitrogens with one attached hydrogen (secondary N) is 2. The average Bonchev–Trinajstić information content (AvgIpc) is 2.43. The van der Waals surface area contributed by atoms with Crippen molar-refractivity contribution in [1.82, 2.24) is 5.32 Å². The van der Waals surface area contributed by atoms with Crippen LogP contribution in [-0.4, -0.2) is 32.4 Å². The van der Waals surface area contributed by atoms with Crippen LogP contribution in [-0.2, 0) is 16.1 Å². The van der Waals surface area contributed by atoms with Crippen molar-refractivity contribution in [2.75, 3.05) is 25.6 Å². The zero-order valence-electron chi connectivity index (χ0n) is 13.3. The first kappa shape index (κ1) is 17.5. The van der Waals surface area contributed by atoms with Crippen LogP contribution in [0.2, 0.25) is 0 Å². The Morgan fingerprint density at radius 1 is 1.24 bits per heavy atom. The summed E-state index contributed by atoms with van der Waals surface area (Å²) < 4.78 is 10.4. The standard InChI is InChI=1S/C16H26N2O3/c1-12(2)13(3)17-16(19)18-15-7-5-6-14(10-15)11-21-9-8-20-4/h5-7,10,12-13H,8-9,11H2,1-4H3,(H2,17,18,19). The SMILES string of the molecule is COCCOCc1cccc(NC(=O)NC(C)C(C)C)c1. The lowest BCUT2D eigenvalue weighted by atomic mass is 10.1. The van der Waals surface area contributed by atoms with Crippen LogP contribution in [0.3, 0.4) is 0 Å². The van der Waals surface area contributed by atoms with Gasteiger partial charge in [0.2, 0.25) is 0 Å². The molecule has 1 aromatic carbocycles. The highest BCUT2D eigenvalue weighted by atomic mass is 16.5. The van der Waals surface area contributed by atoms with Crippen LogP contribution >= 0.6 is 0 Å². The molecule has 5 heteroatoms. The highest BCUT2D eigenvalue weighted by Crippen LogP contribution is 2.12. The Labute approximate surface area is 127 Å². The van der Waals surface area contributed by atoms with Crippen LogP contribution in [0.5, 0.6) is 0 Å². The number of carbonyl (C=O) groups is 1. The molecule has 21 heavy (non-hydrogen) atoms. The molecule has 0 bridgehead atoms. The highest BCUT2D eigenvalue weighted by molar-refractivity contribution is 5.89. The van der Waals surface area contributed by atoms with Crippen LogP contribution in [0.1, 0.15) is 26.3 Å². The molecule has 0 fully saturated rings. The summed E-state index contributed by atoms with van der Waals surface area (Å²) in [6.07, 6.45) is 0. The summed E-state index contributed by atoms with van der Waals surface area (Å²) in [6, 6.07) is 7.58. The topological polar surface area (TPSA) is 59.6 Å². The number of methoxy groups -OCH3 is 1. The second kappa shape index (κ2) is 9.37. The van der Waals surface area contributed by atoms with Crippen LogP contribution in [0.25, 0.3) is 0 Å². The molecule has 0 aliphatic heterocycles. The molecule has 0 aliphatic rings. The van der Waals surface area contributed by atoms with E-state index in [0.717, 1.165) is 11.3 Å². The third-order valence-electron chi connectivity index (χ3n) is 3.24. The summed E-state index contributed by atoms with van der Waals surface area (Å²) >= 11 is 0. The van der Waals surface area contributed by atoms with Crippen molar-refractivity contribution >= 4 is 11.7 Å². The number of hydrogen-bond acceptors (Lipinski definition) is 3. The predicted octanol–water partition coefficient (Wildman–Crippen LogP) is 3.02. The summed E-state index contributed by atoms with van der Waals surface area (Å²) in [5.41, 5.74) is 1.78. The fourth-order valence-electron chi connectivity index (χ4n) is 1.61. The monoisotopic (exact) mass is 294 g/mol. The first-order valence-corrected chi connectivity index (χ1v) is 7.26. The van der Waals surface area contributed by atoms with Crippen molar-refractivity contribution in [2.45, 2.75) is 33.4 Å². The lowest BCUT2D eigenvalue weighted by Crippen LogP contribution is -2.39. The number of hydrogen-bond donors (Lipinski definition) is 2. The number of amides is 2. The second-order valence-electron chi connectivity index (χ2n) is 5.38. The van der Waals surface area contributed by atoms with Gasteiger partial charge in [-0.3, -0.25) is 0 Å². The van der Waals surface area contributed by atoms with Gasteiger partial charge in [0.1, 0.15) is 0 Å². The smallest absolute Gasteiger partial charge is 0.319 e. The van der Waals surface area contributed by atoms with Gasteiger partial charge in [-0.1, -0.05) is 26.0 Å². The van der Waals surface area contributed by atoms with Crippen molar-refractivity contribution in [1.29, 1.82) is 0 Å². The fraction of sp³-hybridized carbons (Fsp3) is 0.562. The summed E-state index contributed by atoms with van der Waals surface area (Å²) in [5, 5.41) is 5.75. The highest BCUT2D eigenvalue weighted by Gasteiger charge is 2.10. The van der Waals surface area contributed by atoms with Gasteiger partial charge in [0, 0.05) is 18.8 Å². The van der Waals surface area contributed by atoms with Crippen molar-refractivity contribution in [2.24, 2.45) is 5.92 Å². The van der Waals surface area contributed by atoms with E-state index in [-0.39, 0.29) is 12.1 Å². The molecular formula is C16H26N2O3. The number of rotatable bonds is 8. The third kappa shape index (κ3) is 7.11. The first-order chi connectivity index (χ1) is 10.0. The van der Waals surface area contributed by atoms with E-state index in [4.69, 9.17) is 9.47 Å². The van der Waals surface area contributed by atoms with Gasteiger partial charge in [0.25, 0.3) is 0 Å². The Bertz CT molecular complexity index is 435. The molecule has 2 N–H and O–H groups in total. The molecule has 0 radical (unpaired) electrons.